The first-order valence-electron chi connectivity index (χ1n) is 2.99. The Kier molecular flexibility index (Phi) is 3.66. The van der Waals surface area contributed by atoms with Crippen molar-refractivity contribution in [3.8, 4) is 0 Å². The molecule has 3 nitrogen and oxygen atoms in total. The second kappa shape index (κ2) is 4.03. The second-order valence-corrected chi connectivity index (χ2v) is 2.08. The van der Waals surface area contributed by atoms with E-state index < -0.39 is 30.5 Å². The average molecular weight is 242 g/mol. The number of ether oxygens (including phenoxy) is 1. The fraction of sp³-hybridized carbons (Fsp3) is 0.600. The molecule has 0 aromatic heterocycles. The van der Waals surface area contributed by atoms with Gasteiger partial charge in [0.15, 0.2) is 0 Å². The summed E-state index contributed by atoms with van der Waals surface area (Å²) < 4.78 is 83.3. The molecule has 0 rings (SSSR count). The van der Waals surface area contributed by atoms with Gasteiger partial charge in [0.1, 0.15) is 0 Å². The highest BCUT2D eigenvalue weighted by molar-refractivity contribution is 5.91. The van der Waals surface area contributed by atoms with Crippen LogP contribution in [0.3, 0.4) is 0 Å². The molecule has 0 saturated carbocycles. The third kappa shape index (κ3) is 3.06. The molecular weight excluding hydrogens is 241 g/mol. The highest BCUT2D eigenvalue weighted by Gasteiger charge is 2.65. The molecule has 0 saturated heterocycles. The summed E-state index contributed by atoms with van der Waals surface area (Å²) in [5, 5.41) is 0. The number of hydrogen-bond donors (Lipinski definition) is 0. The molecule has 15 heavy (non-hydrogen) atoms. The van der Waals surface area contributed by atoms with Crippen molar-refractivity contribution in [2.24, 2.45) is 0 Å². The van der Waals surface area contributed by atoms with Gasteiger partial charge < -0.3 is 4.74 Å². The van der Waals surface area contributed by atoms with Gasteiger partial charge in [0.2, 0.25) is 0 Å². The molecule has 88 valence electrons. The predicted molar refractivity (Wildman–Crippen MR) is 28.1 cm³/mol. The molecule has 0 amide bonds. The normalized spacial score (nSPS) is 12.8. The zero-order valence-electron chi connectivity index (χ0n) is 6.45. The Morgan fingerprint density at radius 1 is 1.00 bits per heavy atom. The third-order valence-electron chi connectivity index (χ3n) is 0.984. The van der Waals surface area contributed by atoms with Crippen LogP contribution in [-0.2, 0) is 14.3 Å². The summed E-state index contributed by atoms with van der Waals surface area (Å²) in [7, 11) is 0. The Balaban J connectivity index is 4.67. The van der Waals surface area contributed by atoms with Crippen LogP contribution < -0.4 is 0 Å². The van der Waals surface area contributed by atoms with Crippen LogP contribution in [0.25, 0.3) is 0 Å². The maximum absolute atomic E-state index is 12.0. The molecule has 0 atom stereocenters. The summed E-state index contributed by atoms with van der Waals surface area (Å²) in [6, 6.07) is 0. The molecule has 0 heterocycles. The molecule has 10 heteroatoms. The summed E-state index contributed by atoms with van der Waals surface area (Å²) in [5.41, 5.74) is 0. The van der Waals surface area contributed by atoms with E-state index in [1.807, 2.05) is 0 Å². The van der Waals surface area contributed by atoms with Crippen molar-refractivity contribution >= 4 is 11.9 Å². The summed E-state index contributed by atoms with van der Waals surface area (Å²) in [6.45, 7) is 0. The van der Waals surface area contributed by atoms with Crippen LogP contribution in [0.5, 0.6) is 0 Å². The smallest absolute Gasteiger partial charge is 0.384 e. The Labute approximate surface area is 76.8 Å². The van der Waals surface area contributed by atoms with Gasteiger partial charge in [-0.15, -0.1) is 0 Å². The number of carbonyl (C=O) groups is 2. The summed E-state index contributed by atoms with van der Waals surface area (Å²) in [5.74, 6) is -12.2. The van der Waals surface area contributed by atoms with Crippen molar-refractivity contribution in [1.29, 1.82) is 0 Å². The molecular formula is C5HF7O3. The van der Waals surface area contributed by atoms with Crippen molar-refractivity contribution in [2.75, 3.05) is 0 Å². The lowest BCUT2D eigenvalue weighted by Gasteiger charge is -2.16. The van der Waals surface area contributed by atoms with Crippen LogP contribution in [0.4, 0.5) is 30.7 Å². The van der Waals surface area contributed by atoms with E-state index in [4.69, 9.17) is 0 Å². The molecule has 0 aliphatic carbocycles. The van der Waals surface area contributed by atoms with E-state index >= 15 is 0 Å². The fourth-order valence-electron chi connectivity index (χ4n) is 0.316. The topological polar surface area (TPSA) is 43.4 Å². The minimum Gasteiger partial charge on any atom is -0.384 e. The van der Waals surface area contributed by atoms with Crippen LogP contribution in [0.1, 0.15) is 0 Å². The first kappa shape index (κ1) is 13.7. The first-order valence-corrected chi connectivity index (χ1v) is 2.99. The summed E-state index contributed by atoms with van der Waals surface area (Å²) in [4.78, 5) is 19.8. The molecule has 0 unspecified atom stereocenters. The lowest BCUT2D eigenvalue weighted by Crippen LogP contribution is -2.46. The molecule has 0 aliphatic heterocycles. The quantitative estimate of drug-likeness (QED) is 0.419. The maximum Gasteiger partial charge on any atom is 0.465 e. The van der Waals surface area contributed by atoms with Crippen LogP contribution >= 0.6 is 0 Å². The van der Waals surface area contributed by atoms with E-state index in [9.17, 15) is 40.3 Å². The van der Waals surface area contributed by atoms with Gasteiger partial charge in [-0.2, -0.15) is 30.7 Å². The van der Waals surface area contributed by atoms with Gasteiger partial charge in [0.25, 0.3) is 0 Å². The molecule has 0 aromatic carbocycles. The Morgan fingerprint density at radius 2 is 1.40 bits per heavy atom. The average Bonchev–Trinajstić information content (AvgIpc) is 2.01. The highest BCUT2D eigenvalue weighted by Crippen LogP contribution is 2.36. The van der Waals surface area contributed by atoms with Crippen molar-refractivity contribution in [3.63, 3.8) is 0 Å². The molecule has 0 fully saturated rings. The van der Waals surface area contributed by atoms with Gasteiger partial charge in [0.05, 0.1) is 0 Å². The lowest BCUT2D eigenvalue weighted by atomic mass is 10.3. The fourth-order valence-corrected chi connectivity index (χ4v) is 0.316. The largest absolute Gasteiger partial charge is 0.465 e. The number of rotatable bonds is 2. The van der Waals surface area contributed by atoms with Crippen LogP contribution in [0.2, 0.25) is 0 Å². The molecule has 0 spiro atoms. The second-order valence-electron chi connectivity index (χ2n) is 2.08. The summed E-state index contributed by atoms with van der Waals surface area (Å²) >= 11 is 0. The maximum atomic E-state index is 12.0. The monoisotopic (exact) mass is 242 g/mol. The van der Waals surface area contributed by atoms with Crippen LogP contribution in [-0.4, -0.2) is 30.5 Å². The van der Waals surface area contributed by atoms with Gasteiger partial charge in [-0.3, -0.25) is 0 Å². The van der Waals surface area contributed by atoms with E-state index in [0.29, 0.717) is 0 Å². The van der Waals surface area contributed by atoms with E-state index in [2.05, 4.69) is 4.74 Å². The first-order chi connectivity index (χ1) is 6.50. The Hall–Kier alpha value is -1.35. The number of esters is 2. The number of hydrogen-bond acceptors (Lipinski definition) is 3. The van der Waals surface area contributed by atoms with Gasteiger partial charge in [-0.05, 0) is 0 Å². The third-order valence-corrected chi connectivity index (χ3v) is 0.984. The van der Waals surface area contributed by atoms with Crippen molar-refractivity contribution in [3.05, 3.63) is 0 Å². The van der Waals surface area contributed by atoms with Gasteiger partial charge in [-0.1, -0.05) is 0 Å². The molecule has 0 bridgehead atoms. The van der Waals surface area contributed by atoms with Gasteiger partial charge in [0, 0.05) is 0 Å². The number of carbonyl (C=O) groups excluding carboxylic acids is 2. The molecule has 0 aliphatic rings. The van der Waals surface area contributed by atoms with Crippen molar-refractivity contribution in [2.45, 2.75) is 18.5 Å². The number of halogens is 7. The highest BCUT2D eigenvalue weighted by atomic mass is 19.4. The minimum absolute atomic E-state index is 2.61. The van der Waals surface area contributed by atoms with Gasteiger partial charge in [-0.25, -0.2) is 9.59 Å². The van der Waals surface area contributed by atoms with Crippen molar-refractivity contribution in [1.82, 2.24) is 0 Å². The Morgan fingerprint density at radius 3 is 1.67 bits per heavy atom. The zero-order valence-corrected chi connectivity index (χ0v) is 6.45. The summed E-state index contributed by atoms with van der Waals surface area (Å²) in [6.07, 6.45) is -10.3. The van der Waals surface area contributed by atoms with Crippen LogP contribution in [0, 0.1) is 0 Å². The van der Waals surface area contributed by atoms with Crippen LogP contribution in [0.15, 0.2) is 0 Å². The van der Waals surface area contributed by atoms with Gasteiger partial charge >= 0.3 is 30.5 Å². The minimum atomic E-state index is -6.31. The molecule has 0 aromatic rings. The standard InChI is InChI=1S/C5HF7O3/c6-1(7)2(13)15-3(14)4(8,9)5(10,11)12/h1H. The molecule has 0 N–H and O–H groups in total. The zero-order chi connectivity index (χ0) is 12.4. The number of alkyl halides is 7. The Bertz CT molecular complexity index is 268. The van der Waals surface area contributed by atoms with Crippen molar-refractivity contribution < 1.29 is 45.1 Å². The van der Waals surface area contributed by atoms with E-state index in [-0.39, 0.29) is 0 Å². The lowest BCUT2D eigenvalue weighted by molar-refractivity contribution is -0.279. The van der Waals surface area contributed by atoms with E-state index in [1.54, 1.807) is 0 Å². The van der Waals surface area contributed by atoms with E-state index in [0.717, 1.165) is 0 Å². The molecule has 0 radical (unpaired) electrons. The SMILES string of the molecule is O=C(OC(=O)C(F)(F)C(F)(F)F)C(F)F. The van der Waals surface area contributed by atoms with E-state index in [1.165, 1.54) is 0 Å². The predicted octanol–water partition coefficient (Wildman–Crippen LogP) is 1.52.